The zero-order valence-electron chi connectivity index (χ0n) is 20.4. The van der Waals surface area contributed by atoms with E-state index in [0.29, 0.717) is 36.9 Å². The lowest BCUT2D eigenvalue weighted by molar-refractivity contribution is -0.124. The molecule has 4 N–H and O–H groups in total. The molecule has 0 aliphatic heterocycles. The van der Waals surface area contributed by atoms with Crippen LogP contribution in [0.15, 0.2) is 60.7 Å². The molecular formula is C26H34N4O5. The summed E-state index contributed by atoms with van der Waals surface area (Å²) in [5, 5.41) is 5.67. The van der Waals surface area contributed by atoms with Crippen LogP contribution in [0, 0.1) is 0 Å². The van der Waals surface area contributed by atoms with Crippen molar-refractivity contribution in [3.63, 3.8) is 0 Å². The maximum Gasteiger partial charge on any atom is 0.407 e. The van der Waals surface area contributed by atoms with E-state index in [-0.39, 0.29) is 12.3 Å². The summed E-state index contributed by atoms with van der Waals surface area (Å²) in [6, 6.07) is 16.6. The number of amides is 3. The highest BCUT2D eigenvalue weighted by Crippen LogP contribution is 2.07. The zero-order chi connectivity index (χ0) is 25.7. The number of alkyl carbamates (subject to hydrolysis) is 1. The highest BCUT2D eigenvalue weighted by molar-refractivity contribution is 5.98. The number of benzene rings is 2. The Bertz CT molecular complexity index is 974. The summed E-state index contributed by atoms with van der Waals surface area (Å²) in [4.78, 5) is 49.2. The minimum atomic E-state index is -0.722. The van der Waals surface area contributed by atoms with Crippen molar-refractivity contribution in [2.24, 2.45) is 0 Å². The largest absolute Gasteiger partial charge is 0.444 e. The topological polar surface area (TPSA) is 126 Å². The summed E-state index contributed by atoms with van der Waals surface area (Å²) in [7, 11) is 0. The molecule has 3 amide bonds. The first-order valence-electron chi connectivity index (χ1n) is 11.6. The van der Waals surface area contributed by atoms with Gasteiger partial charge in [-0.3, -0.25) is 30.6 Å². The van der Waals surface area contributed by atoms with Crippen LogP contribution in [0.25, 0.3) is 0 Å². The van der Waals surface area contributed by atoms with Crippen LogP contribution in [-0.4, -0.2) is 48.4 Å². The number of carbonyl (C=O) groups excluding carboxylic acids is 4. The molecule has 0 bridgehead atoms. The Kier molecular flexibility index (Phi) is 10.9. The number of hydrogen-bond acceptors (Lipinski definition) is 6. The van der Waals surface area contributed by atoms with Crippen LogP contribution < -0.4 is 21.5 Å². The van der Waals surface area contributed by atoms with Gasteiger partial charge in [-0.25, -0.2) is 4.79 Å². The lowest BCUT2D eigenvalue weighted by atomic mass is 10.1. The van der Waals surface area contributed by atoms with E-state index >= 15 is 0 Å². The number of rotatable bonds is 11. The summed E-state index contributed by atoms with van der Waals surface area (Å²) in [5.74, 6) is -1.06. The first kappa shape index (κ1) is 27.5. The summed E-state index contributed by atoms with van der Waals surface area (Å²) >= 11 is 0. The lowest BCUT2D eigenvalue weighted by Gasteiger charge is -2.20. The Morgan fingerprint density at radius 1 is 0.829 bits per heavy atom. The molecule has 9 nitrogen and oxygen atoms in total. The molecule has 2 aromatic carbocycles. The first-order chi connectivity index (χ1) is 16.7. The summed E-state index contributed by atoms with van der Waals surface area (Å²) in [5.41, 5.74) is 5.20. The number of hydrazine groups is 1. The molecule has 0 saturated heterocycles. The minimum absolute atomic E-state index is 0.0368. The van der Waals surface area contributed by atoms with E-state index in [1.807, 2.05) is 6.07 Å². The van der Waals surface area contributed by atoms with Crippen molar-refractivity contribution in [3.8, 4) is 0 Å². The van der Waals surface area contributed by atoms with Crippen molar-refractivity contribution in [3.05, 3.63) is 71.8 Å². The molecule has 188 valence electrons. The van der Waals surface area contributed by atoms with Crippen molar-refractivity contribution in [2.75, 3.05) is 13.1 Å². The van der Waals surface area contributed by atoms with Crippen molar-refractivity contribution >= 4 is 23.7 Å². The highest BCUT2D eigenvalue weighted by Gasteiger charge is 2.20. The van der Waals surface area contributed by atoms with Crippen molar-refractivity contribution < 1.29 is 23.9 Å². The van der Waals surface area contributed by atoms with Crippen LogP contribution in [0.5, 0.6) is 0 Å². The van der Waals surface area contributed by atoms with Crippen molar-refractivity contribution in [1.82, 2.24) is 21.5 Å². The molecule has 0 aliphatic rings. The fourth-order valence-corrected chi connectivity index (χ4v) is 3.11. The minimum Gasteiger partial charge on any atom is -0.444 e. The third-order valence-corrected chi connectivity index (χ3v) is 4.84. The number of nitrogens with one attached hydrogen (secondary N) is 4. The van der Waals surface area contributed by atoms with Crippen LogP contribution in [-0.2, 0) is 9.53 Å². The first-order valence-corrected chi connectivity index (χ1v) is 11.6. The monoisotopic (exact) mass is 482 g/mol. The second-order valence-electron chi connectivity index (χ2n) is 8.96. The predicted molar refractivity (Wildman–Crippen MR) is 133 cm³/mol. The fraction of sp³-hybridized carbons (Fsp3) is 0.385. The molecule has 9 heteroatoms. The van der Waals surface area contributed by atoms with Crippen LogP contribution in [0.1, 0.15) is 60.7 Å². The number of ether oxygens (including phenoxy) is 1. The van der Waals surface area contributed by atoms with E-state index in [9.17, 15) is 19.2 Å². The Labute approximate surface area is 206 Å². The van der Waals surface area contributed by atoms with Crippen molar-refractivity contribution in [2.45, 2.75) is 51.7 Å². The summed E-state index contributed by atoms with van der Waals surface area (Å²) in [6.07, 6.45) is 1.09. The summed E-state index contributed by atoms with van der Waals surface area (Å²) < 4.78 is 5.20. The number of hydrogen-bond donors (Lipinski definition) is 4. The molecule has 2 rings (SSSR count). The Balaban J connectivity index is 1.87. The average Bonchev–Trinajstić information content (AvgIpc) is 2.83. The second kappa shape index (κ2) is 13.9. The quantitative estimate of drug-likeness (QED) is 0.222. The molecule has 0 aliphatic carbocycles. The molecule has 0 radical (unpaired) electrons. The van der Waals surface area contributed by atoms with E-state index < -0.39 is 29.6 Å². The molecule has 1 atom stereocenters. The molecule has 0 heterocycles. The van der Waals surface area contributed by atoms with Crippen LogP contribution in [0.4, 0.5) is 4.79 Å². The van der Waals surface area contributed by atoms with Gasteiger partial charge in [-0.2, -0.15) is 0 Å². The average molecular weight is 483 g/mol. The predicted octanol–water partition coefficient (Wildman–Crippen LogP) is 2.98. The standard InChI is InChI=1S/C26H34N4O5/c1-26(2,3)35-25(34)27-17-11-10-16-21(28-18-22(31)19-12-6-4-7-13-19)24(33)30-29-23(32)20-14-8-5-9-15-20/h4-9,12-15,21,28H,10-11,16-18H2,1-3H3,(H,27,34)(H,29,32)(H,30,33)/t21-/m1/s1. The van der Waals surface area contributed by atoms with Gasteiger partial charge in [-0.1, -0.05) is 48.5 Å². The van der Waals surface area contributed by atoms with Gasteiger partial charge in [-0.15, -0.1) is 0 Å². The van der Waals surface area contributed by atoms with Gasteiger partial charge in [0.15, 0.2) is 5.78 Å². The van der Waals surface area contributed by atoms with E-state index in [1.54, 1.807) is 75.4 Å². The maximum atomic E-state index is 12.8. The molecule has 0 spiro atoms. The number of unbranched alkanes of at least 4 members (excludes halogenated alkanes) is 1. The smallest absolute Gasteiger partial charge is 0.407 e. The van der Waals surface area contributed by atoms with Crippen LogP contribution in [0.2, 0.25) is 0 Å². The Morgan fingerprint density at radius 3 is 2.03 bits per heavy atom. The molecule has 0 aromatic heterocycles. The molecular weight excluding hydrogens is 448 g/mol. The molecule has 0 saturated carbocycles. The van der Waals surface area contributed by atoms with E-state index in [4.69, 9.17) is 4.74 Å². The Hall–Kier alpha value is -3.72. The number of Topliss-reactive ketones (excluding diaryl/α,β-unsaturated/α-hetero) is 1. The van der Waals surface area contributed by atoms with Gasteiger partial charge >= 0.3 is 6.09 Å². The van der Waals surface area contributed by atoms with Gasteiger partial charge in [0.25, 0.3) is 11.8 Å². The molecule has 0 unspecified atom stereocenters. The third kappa shape index (κ3) is 10.8. The summed E-state index contributed by atoms with van der Waals surface area (Å²) in [6.45, 7) is 5.71. The molecule has 0 fully saturated rings. The van der Waals surface area contributed by atoms with E-state index in [0.717, 1.165) is 0 Å². The van der Waals surface area contributed by atoms with E-state index in [2.05, 4.69) is 21.5 Å². The zero-order valence-corrected chi connectivity index (χ0v) is 20.4. The normalized spacial score (nSPS) is 11.7. The molecule has 2 aromatic rings. The SMILES string of the molecule is CC(C)(C)OC(=O)NCCCC[C@@H](NCC(=O)c1ccccc1)C(=O)NNC(=O)c1ccccc1. The Morgan fingerprint density at radius 2 is 1.43 bits per heavy atom. The van der Waals surface area contributed by atoms with Gasteiger partial charge < -0.3 is 10.1 Å². The third-order valence-electron chi connectivity index (χ3n) is 4.84. The van der Waals surface area contributed by atoms with Gasteiger partial charge in [0.05, 0.1) is 12.6 Å². The van der Waals surface area contributed by atoms with Gasteiger partial charge in [0, 0.05) is 17.7 Å². The lowest BCUT2D eigenvalue weighted by Crippen LogP contribution is -2.51. The number of carbonyl (C=O) groups is 4. The highest BCUT2D eigenvalue weighted by atomic mass is 16.6. The molecule has 35 heavy (non-hydrogen) atoms. The maximum absolute atomic E-state index is 12.8. The number of ketones is 1. The van der Waals surface area contributed by atoms with Gasteiger partial charge in [0.1, 0.15) is 5.60 Å². The van der Waals surface area contributed by atoms with Gasteiger partial charge in [0.2, 0.25) is 0 Å². The van der Waals surface area contributed by atoms with Gasteiger partial charge in [-0.05, 0) is 52.2 Å². The second-order valence-corrected chi connectivity index (χ2v) is 8.96. The van der Waals surface area contributed by atoms with Crippen LogP contribution >= 0.6 is 0 Å². The fourth-order valence-electron chi connectivity index (χ4n) is 3.11. The van der Waals surface area contributed by atoms with Crippen molar-refractivity contribution in [1.29, 1.82) is 0 Å². The van der Waals surface area contributed by atoms with Crippen LogP contribution in [0.3, 0.4) is 0 Å². The van der Waals surface area contributed by atoms with E-state index in [1.165, 1.54) is 0 Å².